The summed E-state index contributed by atoms with van der Waals surface area (Å²) in [5.41, 5.74) is 4.74. The zero-order valence-electron chi connectivity index (χ0n) is 28.4. The molecule has 0 aromatic heterocycles. The number of fused-ring (bicyclic) bond motifs is 1. The Hall–Kier alpha value is -1.94. The molecule has 2 atom stereocenters. The van der Waals surface area contributed by atoms with Crippen LogP contribution in [0, 0.1) is 5.92 Å². The summed E-state index contributed by atoms with van der Waals surface area (Å²) in [5, 5.41) is 0.802. The average Bonchev–Trinajstić information content (AvgIpc) is 3.15. The predicted octanol–water partition coefficient (Wildman–Crippen LogP) is 7.10. The second-order valence-electron chi connectivity index (χ2n) is 14.7. The van der Waals surface area contributed by atoms with Crippen LogP contribution in [0.2, 0.25) is 5.02 Å². The van der Waals surface area contributed by atoms with Crippen LogP contribution in [-0.2, 0) is 16.0 Å². The monoisotopic (exact) mass is 717 g/mol. The van der Waals surface area contributed by atoms with Gasteiger partial charge in [0.1, 0.15) is 5.60 Å². The minimum absolute atomic E-state index is 0.142. The van der Waals surface area contributed by atoms with Crippen LogP contribution in [-0.4, -0.2) is 107 Å². The number of benzene rings is 1. The fourth-order valence-corrected chi connectivity index (χ4v) is 7.80. The molecular formula is C36H53BrClN5O3. The van der Waals surface area contributed by atoms with E-state index in [1.54, 1.807) is 4.90 Å². The molecule has 3 saturated heterocycles. The van der Waals surface area contributed by atoms with E-state index in [4.69, 9.17) is 21.3 Å². The summed E-state index contributed by atoms with van der Waals surface area (Å²) in [6.07, 6.45) is 8.31. The number of piperazine rings is 1. The van der Waals surface area contributed by atoms with Crippen molar-refractivity contribution in [2.24, 2.45) is 10.9 Å². The van der Waals surface area contributed by atoms with Crippen molar-refractivity contribution in [2.45, 2.75) is 102 Å². The molecule has 3 fully saturated rings. The molecule has 254 valence electrons. The lowest BCUT2D eigenvalue weighted by molar-refractivity contribution is -0.134. The van der Waals surface area contributed by atoms with Crippen LogP contribution in [0.1, 0.15) is 90.3 Å². The third kappa shape index (κ3) is 9.14. The molecule has 2 unspecified atom stereocenters. The highest BCUT2D eigenvalue weighted by Gasteiger charge is 2.36. The summed E-state index contributed by atoms with van der Waals surface area (Å²) >= 11 is 10.1. The number of aliphatic imine (C=N–C) groups is 1. The maximum Gasteiger partial charge on any atom is 0.410 e. The maximum absolute atomic E-state index is 13.2. The molecule has 10 heteroatoms. The highest BCUT2D eigenvalue weighted by Crippen LogP contribution is 2.40. The van der Waals surface area contributed by atoms with Crippen molar-refractivity contribution >= 4 is 45.7 Å². The van der Waals surface area contributed by atoms with E-state index in [-0.39, 0.29) is 22.9 Å². The SMILES string of the molecule is CC1=C(N=CC(C)Br)C(N2CCC(N3CCN(C(=O)CC4CCN(C(=O)OC(C)(C)C)CC4)CC3)CC2)c2ccc(Cl)cc2CC1. The van der Waals surface area contributed by atoms with Gasteiger partial charge in [0, 0.05) is 80.9 Å². The van der Waals surface area contributed by atoms with Gasteiger partial charge in [0.2, 0.25) is 5.91 Å². The second kappa shape index (κ2) is 15.5. The summed E-state index contributed by atoms with van der Waals surface area (Å²) in [6, 6.07) is 7.09. The number of alkyl halides is 1. The van der Waals surface area contributed by atoms with Gasteiger partial charge in [0.25, 0.3) is 0 Å². The number of allylic oxidation sites excluding steroid dienone is 1. The Morgan fingerprint density at radius 1 is 0.978 bits per heavy atom. The van der Waals surface area contributed by atoms with Gasteiger partial charge in [-0.3, -0.25) is 19.6 Å². The minimum Gasteiger partial charge on any atom is -0.444 e. The summed E-state index contributed by atoms with van der Waals surface area (Å²) in [4.78, 5) is 40.0. The highest BCUT2D eigenvalue weighted by molar-refractivity contribution is 9.09. The molecule has 3 heterocycles. The van der Waals surface area contributed by atoms with Gasteiger partial charge in [-0.1, -0.05) is 33.6 Å². The van der Waals surface area contributed by atoms with E-state index in [0.29, 0.717) is 31.5 Å². The molecule has 0 bridgehead atoms. The van der Waals surface area contributed by atoms with Crippen molar-refractivity contribution in [2.75, 3.05) is 52.4 Å². The molecule has 5 rings (SSSR count). The van der Waals surface area contributed by atoms with Crippen molar-refractivity contribution in [3.05, 3.63) is 45.6 Å². The smallest absolute Gasteiger partial charge is 0.410 e. The largest absolute Gasteiger partial charge is 0.444 e. The molecule has 1 aliphatic carbocycles. The number of hydrogen-bond acceptors (Lipinski definition) is 6. The number of hydrogen-bond donors (Lipinski definition) is 0. The van der Waals surface area contributed by atoms with Crippen LogP contribution in [0.25, 0.3) is 0 Å². The Bertz CT molecular complexity index is 1290. The van der Waals surface area contributed by atoms with Crippen molar-refractivity contribution in [1.82, 2.24) is 19.6 Å². The third-order valence-electron chi connectivity index (χ3n) is 10.1. The number of halogens is 2. The first-order valence-electron chi connectivity index (χ1n) is 17.3. The van der Waals surface area contributed by atoms with Crippen molar-refractivity contribution in [1.29, 1.82) is 0 Å². The lowest BCUT2D eigenvalue weighted by atomic mass is 9.92. The Labute approximate surface area is 289 Å². The van der Waals surface area contributed by atoms with E-state index < -0.39 is 5.60 Å². The van der Waals surface area contributed by atoms with E-state index >= 15 is 0 Å². The number of carbonyl (C=O) groups excluding carboxylic acids is 2. The molecule has 8 nitrogen and oxygen atoms in total. The van der Waals surface area contributed by atoms with Gasteiger partial charge in [0.15, 0.2) is 0 Å². The molecule has 3 aliphatic heterocycles. The van der Waals surface area contributed by atoms with Gasteiger partial charge in [-0.05, 0) is 108 Å². The quantitative estimate of drug-likeness (QED) is 0.232. The van der Waals surface area contributed by atoms with Gasteiger partial charge in [-0.2, -0.15) is 0 Å². The Kier molecular flexibility index (Phi) is 11.9. The van der Waals surface area contributed by atoms with Gasteiger partial charge < -0.3 is 14.5 Å². The topological polar surface area (TPSA) is 68.7 Å². The van der Waals surface area contributed by atoms with Crippen LogP contribution in [0.5, 0.6) is 0 Å². The molecule has 0 spiro atoms. The molecule has 0 saturated carbocycles. The average molecular weight is 719 g/mol. The van der Waals surface area contributed by atoms with E-state index in [9.17, 15) is 9.59 Å². The van der Waals surface area contributed by atoms with Crippen molar-refractivity contribution in [3.63, 3.8) is 0 Å². The minimum atomic E-state index is -0.486. The normalized spacial score (nSPS) is 23.8. The summed E-state index contributed by atoms with van der Waals surface area (Å²) in [5.74, 6) is 0.605. The Morgan fingerprint density at radius 3 is 2.28 bits per heavy atom. The van der Waals surface area contributed by atoms with Crippen LogP contribution >= 0.6 is 27.5 Å². The van der Waals surface area contributed by atoms with Gasteiger partial charge in [-0.25, -0.2) is 4.79 Å². The number of amides is 2. The first-order chi connectivity index (χ1) is 21.9. The van der Waals surface area contributed by atoms with E-state index in [1.165, 1.54) is 22.4 Å². The number of ether oxygens (including phenoxy) is 1. The number of likely N-dealkylation sites (tertiary alicyclic amines) is 2. The maximum atomic E-state index is 13.2. The predicted molar refractivity (Wildman–Crippen MR) is 190 cm³/mol. The molecule has 0 N–H and O–H groups in total. The Balaban J connectivity index is 1.12. The van der Waals surface area contributed by atoms with Crippen LogP contribution in [0.3, 0.4) is 0 Å². The standard InChI is InChI=1S/C36H53BrClN5O3/c1-25-6-7-28-23-29(38)8-9-31(28)34(33(25)39-24-26(2)37)42-16-12-30(13-17-42)40-18-20-41(21-19-40)32(44)22-27-10-14-43(15-11-27)35(45)46-36(3,4)5/h8-9,23-24,26-27,30,34H,6-7,10-22H2,1-5H3. The summed E-state index contributed by atoms with van der Waals surface area (Å²) < 4.78 is 5.53. The van der Waals surface area contributed by atoms with E-state index in [1.807, 2.05) is 33.1 Å². The fourth-order valence-electron chi connectivity index (χ4n) is 7.49. The van der Waals surface area contributed by atoms with Crippen molar-refractivity contribution in [3.8, 4) is 0 Å². The number of rotatable bonds is 6. The second-order valence-corrected chi connectivity index (χ2v) is 16.5. The van der Waals surface area contributed by atoms with Gasteiger partial charge >= 0.3 is 6.09 Å². The zero-order chi connectivity index (χ0) is 33.0. The molecule has 46 heavy (non-hydrogen) atoms. The first kappa shape index (κ1) is 35.4. The number of aryl methyl sites for hydroxylation is 1. The number of carbonyl (C=O) groups is 2. The van der Waals surface area contributed by atoms with Crippen LogP contribution in [0.4, 0.5) is 4.79 Å². The molecule has 2 amide bonds. The van der Waals surface area contributed by atoms with E-state index in [0.717, 1.165) is 82.8 Å². The van der Waals surface area contributed by atoms with Gasteiger partial charge in [-0.15, -0.1) is 0 Å². The first-order valence-corrected chi connectivity index (χ1v) is 18.6. The number of piperidine rings is 2. The third-order valence-corrected chi connectivity index (χ3v) is 10.5. The molecule has 1 aromatic carbocycles. The molecule has 0 radical (unpaired) electrons. The van der Waals surface area contributed by atoms with Crippen LogP contribution < -0.4 is 0 Å². The van der Waals surface area contributed by atoms with E-state index in [2.05, 4.69) is 56.6 Å². The van der Waals surface area contributed by atoms with Crippen molar-refractivity contribution < 1.29 is 14.3 Å². The van der Waals surface area contributed by atoms with Gasteiger partial charge in [0.05, 0.1) is 11.7 Å². The summed E-state index contributed by atoms with van der Waals surface area (Å²) in [6.45, 7) is 16.9. The fraction of sp³-hybridized carbons (Fsp3) is 0.694. The Morgan fingerprint density at radius 2 is 1.65 bits per heavy atom. The highest BCUT2D eigenvalue weighted by atomic mass is 79.9. The number of nitrogens with zero attached hydrogens (tertiary/aromatic N) is 5. The summed E-state index contributed by atoms with van der Waals surface area (Å²) in [7, 11) is 0. The molecular weight excluding hydrogens is 666 g/mol. The molecule has 1 aromatic rings. The molecule has 4 aliphatic rings. The lowest BCUT2D eigenvalue weighted by Crippen LogP contribution is -2.54. The zero-order valence-corrected chi connectivity index (χ0v) is 30.8. The lowest BCUT2D eigenvalue weighted by Gasteiger charge is -2.45. The van der Waals surface area contributed by atoms with Crippen LogP contribution in [0.15, 0.2) is 34.5 Å².